The molecule has 3 nitrogen and oxygen atoms in total. The van der Waals surface area contributed by atoms with E-state index < -0.39 is 0 Å². The molecule has 0 N–H and O–H groups in total. The first-order valence-electron chi connectivity index (χ1n) is 5.56. The second-order valence-electron chi connectivity index (χ2n) is 4.07. The summed E-state index contributed by atoms with van der Waals surface area (Å²) in [5.74, 6) is 0.275. The van der Waals surface area contributed by atoms with E-state index in [0.29, 0.717) is 0 Å². The van der Waals surface area contributed by atoms with Gasteiger partial charge in [-0.1, -0.05) is 30.3 Å². The fraction of sp³-hybridized carbons (Fsp3) is 0.538. The molecular weight excluding hydrogens is 204 g/mol. The molecule has 0 aromatic heterocycles. The molecule has 0 radical (unpaired) electrons. The summed E-state index contributed by atoms with van der Waals surface area (Å²) in [6, 6.07) is 10.4. The normalized spacial score (nSPS) is 21.1. The summed E-state index contributed by atoms with van der Waals surface area (Å²) in [5.41, 5.74) is 1.29. The molecule has 0 unspecified atom stereocenters. The van der Waals surface area contributed by atoms with E-state index in [2.05, 4.69) is 24.3 Å². The molecular formula is C13H18O3. The second-order valence-corrected chi connectivity index (χ2v) is 4.07. The van der Waals surface area contributed by atoms with Crippen molar-refractivity contribution in [2.24, 2.45) is 5.92 Å². The first-order chi connectivity index (χ1) is 7.85. The molecule has 0 spiro atoms. The minimum absolute atomic E-state index is 0.187. The number of methoxy groups -OCH3 is 2. The molecule has 1 aliphatic heterocycles. The Hall–Kier alpha value is -0.900. The molecule has 1 saturated heterocycles. The zero-order valence-corrected chi connectivity index (χ0v) is 9.76. The molecule has 1 heterocycles. The quantitative estimate of drug-likeness (QED) is 0.544. The van der Waals surface area contributed by atoms with E-state index in [0.717, 1.165) is 13.0 Å². The number of rotatable bonds is 6. The van der Waals surface area contributed by atoms with Crippen LogP contribution in [-0.2, 0) is 20.6 Å². The SMILES string of the molecule is COC(OC)[C@@H](Cc1ccccc1)[C@@H]1CO1. The van der Waals surface area contributed by atoms with Gasteiger partial charge in [-0.15, -0.1) is 0 Å². The van der Waals surface area contributed by atoms with Crippen LogP contribution in [0.2, 0.25) is 0 Å². The van der Waals surface area contributed by atoms with Crippen LogP contribution in [0.25, 0.3) is 0 Å². The van der Waals surface area contributed by atoms with Crippen molar-refractivity contribution in [1.82, 2.24) is 0 Å². The van der Waals surface area contributed by atoms with Gasteiger partial charge >= 0.3 is 0 Å². The Labute approximate surface area is 96.3 Å². The molecule has 1 aromatic carbocycles. The van der Waals surface area contributed by atoms with Crippen LogP contribution >= 0.6 is 0 Å². The van der Waals surface area contributed by atoms with Crippen LogP contribution in [0.15, 0.2) is 30.3 Å². The molecule has 2 rings (SSSR count). The van der Waals surface area contributed by atoms with Crippen LogP contribution in [0, 0.1) is 5.92 Å². The van der Waals surface area contributed by atoms with Gasteiger partial charge in [0.15, 0.2) is 6.29 Å². The van der Waals surface area contributed by atoms with Gasteiger partial charge in [0.05, 0.1) is 12.7 Å². The van der Waals surface area contributed by atoms with Crippen molar-refractivity contribution < 1.29 is 14.2 Å². The molecule has 3 heteroatoms. The minimum Gasteiger partial charge on any atom is -0.373 e. The zero-order chi connectivity index (χ0) is 11.4. The third-order valence-electron chi connectivity index (χ3n) is 2.97. The van der Waals surface area contributed by atoms with Crippen molar-refractivity contribution >= 4 is 0 Å². The van der Waals surface area contributed by atoms with Crippen LogP contribution in [0.5, 0.6) is 0 Å². The molecule has 0 saturated carbocycles. The summed E-state index contributed by atoms with van der Waals surface area (Å²) in [6.45, 7) is 0.820. The van der Waals surface area contributed by atoms with Crippen molar-refractivity contribution in [2.75, 3.05) is 20.8 Å². The molecule has 1 fully saturated rings. The van der Waals surface area contributed by atoms with E-state index in [1.165, 1.54) is 5.56 Å². The zero-order valence-electron chi connectivity index (χ0n) is 9.76. The summed E-state index contributed by atoms with van der Waals surface area (Å²) >= 11 is 0. The van der Waals surface area contributed by atoms with Crippen molar-refractivity contribution in [3.8, 4) is 0 Å². The lowest BCUT2D eigenvalue weighted by molar-refractivity contribution is -0.141. The lowest BCUT2D eigenvalue weighted by Gasteiger charge is -2.23. The fourth-order valence-electron chi connectivity index (χ4n) is 2.04. The van der Waals surface area contributed by atoms with Crippen LogP contribution in [0.3, 0.4) is 0 Å². The van der Waals surface area contributed by atoms with E-state index in [9.17, 15) is 0 Å². The average Bonchev–Trinajstić information content (AvgIpc) is 3.14. The summed E-state index contributed by atoms with van der Waals surface area (Å²) in [7, 11) is 3.35. The van der Waals surface area contributed by atoms with E-state index in [-0.39, 0.29) is 18.3 Å². The first kappa shape index (κ1) is 11.6. The van der Waals surface area contributed by atoms with Gasteiger partial charge in [0.1, 0.15) is 0 Å². The van der Waals surface area contributed by atoms with Gasteiger partial charge in [-0.3, -0.25) is 0 Å². The summed E-state index contributed by atoms with van der Waals surface area (Å²) in [6.07, 6.45) is 1.02. The maximum absolute atomic E-state index is 5.37. The Morgan fingerprint density at radius 2 is 1.88 bits per heavy atom. The molecule has 16 heavy (non-hydrogen) atoms. The van der Waals surface area contributed by atoms with E-state index in [1.54, 1.807) is 14.2 Å². The summed E-state index contributed by atoms with van der Waals surface area (Å²) in [4.78, 5) is 0. The monoisotopic (exact) mass is 222 g/mol. The highest BCUT2D eigenvalue weighted by Crippen LogP contribution is 2.28. The maximum Gasteiger partial charge on any atom is 0.162 e. The lowest BCUT2D eigenvalue weighted by Crippen LogP contribution is -2.30. The molecule has 1 aromatic rings. The summed E-state index contributed by atoms with van der Waals surface area (Å²) < 4.78 is 16.0. The van der Waals surface area contributed by atoms with Crippen LogP contribution < -0.4 is 0 Å². The highest BCUT2D eigenvalue weighted by Gasteiger charge is 2.38. The highest BCUT2D eigenvalue weighted by atomic mass is 16.7. The minimum atomic E-state index is -0.187. The van der Waals surface area contributed by atoms with Gasteiger partial charge in [0.25, 0.3) is 0 Å². The predicted molar refractivity (Wildman–Crippen MR) is 61.2 cm³/mol. The van der Waals surface area contributed by atoms with Crippen LogP contribution in [0.1, 0.15) is 5.56 Å². The van der Waals surface area contributed by atoms with Gasteiger partial charge in [0, 0.05) is 20.1 Å². The Morgan fingerprint density at radius 1 is 1.25 bits per heavy atom. The van der Waals surface area contributed by atoms with Crippen molar-refractivity contribution in [2.45, 2.75) is 18.8 Å². The predicted octanol–water partition coefficient (Wildman–Crippen LogP) is 1.86. The first-order valence-corrected chi connectivity index (χ1v) is 5.56. The average molecular weight is 222 g/mol. The summed E-state index contributed by atoms with van der Waals surface area (Å²) in [5, 5.41) is 0. The lowest BCUT2D eigenvalue weighted by atomic mass is 9.96. The van der Waals surface area contributed by atoms with E-state index in [4.69, 9.17) is 14.2 Å². The van der Waals surface area contributed by atoms with Crippen molar-refractivity contribution in [1.29, 1.82) is 0 Å². The van der Waals surface area contributed by atoms with Gasteiger partial charge in [-0.25, -0.2) is 0 Å². The van der Waals surface area contributed by atoms with Crippen molar-refractivity contribution in [3.63, 3.8) is 0 Å². The molecule has 88 valence electrons. The second kappa shape index (κ2) is 5.43. The fourth-order valence-corrected chi connectivity index (χ4v) is 2.04. The number of ether oxygens (including phenoxy) is 3. The Morgan fingerprint density at radius 3 is 2.38 bits per heavy atom. The molecule has 0 bridgehead atoms. The topological polar surface area (TPSA) is 31.0 Å². The smallest absolute Gasteiger partial charge is 0.162 e. The molecule has 0 aliphatic carbocycles. The Bertz CT molecular complexity index is 304. The molecule has 0 amide bonds. The molecule has 2 atom stereocenters. The highest BCUT2D eigenvalue weighted by molar-refractivity contribution is 5.16. The number of benzene rings is 1. The number of hydrogen-bond donors (Lipinski definition) is 0. The van der Waals surface area contributed by atoms with Gasteiger partial charge in [-0.05, 0) is 12.0 Å². The third-order valence-corrected chi connectivity index (χ3v) is 2.97. The third kappa shape index (κ3) is 2.82. The van der Waals surface area contributed by atoms with E-state index in [1.807, 2.05) is 6.07 Å². The standard InChI is InChI=1S/C13H18O3/c1-14-13(15-2)11(12-9-16-12)8-10-6-4-3-5-7-10/h3-7,11-13H,8-9H2,1-2H3/t11-,12-/m0/s1. The van der Waals surface area contributed by atoms with Gasteiger partial charge in [0.2, 0.25) is 0 Å². The van der Waals surface area contributed by atoms with E-state index >= 15 is 0 Å². The Kier molecular flexibility index (Phi) is 3.93. The number of epoxide rings is 1. The van der Waals surface area contributed by atoms with Gasteiger partial charge < -0.3 is 14.2 Å². The Balaban J connectivity index is 2.02. The van der Waals surface area contributed by atoms with Crippen molar-refractivity contribution in [3.05, 3.63) is 35.9 Å². The largest absolute Gasteiger partial charge is 0.373 e. The number of hydrogen-bond acceptors (Lipinski definition) is 3. The maximum atomic E-state index is 5.37. The van der Waals surface area contributed by atoms with Gasteiger partial charge in [-0.2, -0.15) is 0 Å². The molecule has 1 aliphatic rings. The van der Waals surface area contributed by atoms with Crippen LogP contribution in [-0.4, -0.2) is 33.2 Å². The van der Waals surface area contributed by atoms with Crippen LogP contribution in [0.4, 0.5) is 0 Å².